The Morgan fingerprint density at radius 2 is 2.08 bits per heavy atom. The fourth-order valence-corrected chi connectivity index (χ4v) is 2.51. The number of carbonyl (C=O) groups is 1. The summed E-state index contributed by atoms with van der Waals surface area (Å²) in [6.07, 6.45) is -4.47. The second kappa shape index (κ2) is 7.98. The summed E-state index contributed by atoms with van der Waals surface area (Å²) in [5.74, 6) is -0.652. The standard InChI is InChI=1S/C15H23F3N4O2/c1-11(10-22-12(2)9-13(20-22)15(16,17)18)14(23)19-3-4-21-5-7-24-8-6-21/h9,11H,3-8,10H2,1-2H3,(H,19,23). The lowest BCUT2D eigenvalue weighted by molar-refractivity contribution is -0.141. The Morgan fingerprint density at radius 1 is 1.42 bits per heavy atom. The fraction of sp³-hybridized carbons (Fsp3) is 0.733. The minimum absolute atomic E-state index is 0.116. The lowest BCUT2D eigenvalue weighted by Gasteiger charge is -2.26. The van der Waals surface area contributed by atoms with Crippen LogP contribution in [0.25, 0.3) is 0 Å². The van der Waals surface area contributed by atoms with Crippen molar-refractivity contribution < 1.29 is 22.7 Å². The quantitative estimate of drug-likeness (QED) is 0.842. The molecule has 0 radical (unpaired) electrons. The number of hydrogen-bond acceptors (Lipinski definition) is 4. The minimum Gasteiger partial charge on any atom is -0.379 e. The average Bonchev–Trinajstić information content (AvgIpc) is 2.89. The summed E-state index contributed by atoms with van der Waals surface area (Å²) in [6, 6.07) is 0.989. The lowest BCUT2D eigenvalue weighted by Crippen LogP contribution is -2.42. The second-order valence-corrected chi connectivity index (χ2v) is 6.00. The van der Waals surface area contributed by atoms with Gasteiger partial charge in [-0.3, -0.25) is 14.4 Å². The molecule has 1 aromatic heterocycles. The molecule has 1 N–H and O–H groups in total. The summed E-state index contributed by atoms with van der Waals surface area (Å²) in [7, 11) is 0. The van der Waals surface area contributed by atoms with Crippen molar-refractivity contribution in [1.29, 1.82) is 0 Å². The van der Waals surface area contributed by atoms with Crippen molar-refractivity contribution in [2.45, 2.75) is 26.6 Å². The smallest absolute Gasteiger partial charge is 0.379 e. The first-order chi connectivity index (χ1) is 11.3. The first kappa shape index (κ1) is 18.7. The topological polar surface area (TPSA) is 59.4 Å². The Labute approximate surface area is 138 Å². The molecule has 9 heteroatoms. The molecule has 1 atom stereocenters. The molecule has 1 fully saturated rings. The largest absolute Gasteiger partial charge is 0.435 e. The molecule has 0 spiro atoms. The van der Waals surface area contributed by atoms with Gasteiger partial charge in [0.25, 0.3) is 0 Å². The Balaban J connectivity index is 1.79. The Bertz CT molecular complexity index is 553. The second-order valence-electron chi connectivity index (χ2n) is 6.00. The summed E-state index contributed by atoms with van der Waals surface area (Å²) < 4.78 is 44.4. The van der Waals surface area contributed by atoms with Crippen molar-refractivity contribution in [2.24, 2.45) is 5.92 Å². The number of ether oxygens (including phenoxy) is 1. The highest BCUT2D eigenvalue weighted by molar-refractivity contribution is 5.78. The summed E-state index contributed by atoms with van der Waals surface area (Å²) >= 11 is 0. The number of carbonyl (C=O) groups excluding carboxylic acids is 1. The lowest BCUT2D eigenvalue weighted by atomic mass is 10.1. The number of morpholine rings is 1. The van der Waals surface area contributed by atoms with Crippen molar-refractivity contribution >= 4 is 5.91 Å². The first-order valence-electron chi connectivity index (χ1n) is 7.97. The molecule has 1 aliphatic heterocycles. The molecule has 1 aromatic rings. The van der Waals surface area contributed by atoms with Crippen LogP contribution in [0.3, 0.4) is 0 Å². The van der Waals surface area contributed by atoms with Crippen LogP contribution < -0.4 is 5.32 Å². The zero-order valence-corrected chi connectivity index (χ0v) is 13.9. The number of aromatic nitrogens is 2. The van der Waals surface area contributed by atoms with Crippen LogP contribution in [0.2, 0.25) is 0 Å². The third-order valence-electron chi connectivity index (χ3n) is 4.00. The molecule has 1 saturated heterocycles. The average molecular weight is 348 g/mol. The molecule has 0 aromatic carbocycles. The van der Waals surface area contributed by atoms with E-state index in [9.17, 15) is 18.0 Å². The molecular formula is C15H23F3N4O2. The number of nitrogens with one attached hydrogen (secondary N) is 1. The van der Waals surface area contributed by atoms with Crippen LogP contribution >= 0.6 is 0 Å². The van der Waals surface area contributed by atoms with Crippen molar-refractivity contribution in [3.05, 3.63) is 17.5 Å². The maximum atomic E-state index is 12.7. The van der Waals surface area contributed by atoms with Crippen molar-refractivity contribution in [2.75, 3.05) is 39.4 Å². The van der Waals surface area contributed by atoms with E-state index in [2.05, 4.69) is 15.3 Å². The van der Waals surface area contributed by atoms with Gasteiger partial charge in [0.1, 0.15) is 0 Å². The number of alkyl halides is 3. The van der Waals surface area contributed by atoms with Gasteiger partial charge in [0, 0.05) is 31.9 Å². The van der Waals surface area contributed by atoms with E-state index in [4.69, 9.17) is 4.74 Å². The van der Waals surface area contributed by atoms with Gasteiger partial charge < -0.3 is 10.1 Å². The van der Waals surface area contributed by atoms with Gasteiger partial charge >= 0.3 is 6.18 Å². The van der Waals surface area contributed by atoms with E-state index in [1.807, 2.05) is 0 Å². The van der Waals surface area contributed by atoms with Gasteiger partial charge in [-0.25, -0.2) is 0 Å². The Kier molecular flexibility index (Phi) is 6.22. The first-order valence-corrected chi connectivity index (χ1v) is 7.97. The highest BCUT2D eigenvalue weighted by atomic mass is 19.4. The third-order valence-corrected chi connectivity index (χ3v) is 4.00. The number of rotatable bonds is 6. The fourth-order valence-electron chi connectivity index (χ4n) is 2.51. The van der Waals surface area contributed by atoms with Crippen molar-refractivity contribution in [3.8, 4) is 0 Å². The summed E-state index contributed by atoms with van der Waals surface area (Å²) in [5, 5.41) is 6.37. The maximum absolute atomic E-state index is 12.7. The predicted octanol–water partition coefficient (Wildman–Crippen LogP) is 1.29. The molecule has 1 amide bonds. The highest BCUT2D eigenvalue weighted by Gasteiger charge is 2.34. The van der Waals surface area contributed by atoms with Gasteiger partial charge in [-0.15, -0.1) is 0 Å². The predicted molar refractivity (Wildman–Crippen MR) is 81.4 cm³/mol. The summed E-state index contributed by atoms with van der Waals surface area (Å²) in [5.41, 5.74) is -0.546. The monoisotopic (exact) mass is 348 g/mol. The summed E-state index contributed by atoms with van der Waals surface area (Å²) in [6.45, 7) is 7.68. The molecule has 136 valence electrons. The van der Waals surface area contributed by atoms with Crippen LogP contribution in [0.4, 0.5) is 13.2 Å². The number of hydrogen-bond donors (Lipinski definition) is 1. The molecule has 0 aliphatic carbocycles. The van der Waals surface area contributed by atoms with Gasteiger partial charge in [0.05, 0.1) is 25.7 Å². The SMILES string of the molecule is Cc1cc(C(F)(F)F)nn1CC(C)C(=O)NCCN1CCOCC1. The molecule has 2 rings (SSSR count). The molecule has 2 heterocycles. The number of halogens is 3. The van der Waals surface area contributed by atoms with Crippen LogP contribution in [-0.2, 0) is 22.3 Å². The van der Waals surface area contributed by atoms with Gasteiger partial charge in [-0.05, 0) is 13.0 Å². The molecule has 1 aliphatic rings. The van der Waals surface area contributed by atoms with Crippen molar-refractivity contribution in [3.63, 3.8) is 0 Å². The van der Waals surface area contributed by atoms with Crippen LogP contribution in [0.15, 0.2) is 6.07 Å². The van der Waals surface area contributed by atoms with Crippen molar-refractivity contribution in [1.82, 2.24) is 20.0 Å². The number of nitrogens with zero attached hydrogens (tertiary/aromatic N) is 3. The number of aryl methyl sites for hydroxylation is 1. The van der Waals surface area contributed by atoms with Gasteiger partial charge in [0.15, 0.2) is 5.69 Å². The third kappa shape index (κ3) is 5.20. The van der Waals surface area contributed by atoms with E-state index >= 15 is 0 Å². The normalized spacial score (nSPS) is 17.7. The number of amides is 1. The zero-order chi connectivity index (χ0) is 17.7. The van der Waals surface area contributed by atoms with E-state index in [0.717, 1.165) is 25.7 Å². The zero-order valence-electron chi connectivity index (χ0n) is 13.9. The Morgan fingerprint density at radius 3 is 2.67 bits per heavy atom. The van der Waals surface area contributed by atoms with Crippen LogP contribution in [-0.4, -0.2) is 60.0 Å². The van der Waals surface area contributed by atoms with E-state index in [0.29, 0.717) is 25.5 Å². The van der Waals surface area contributed by atoms with Gasteiger partial charge in [0.2, 0.25) is 5.91 Å². The van der Waals surface area contributed by atoms with E-state index in [1.54, 1.807) is 13.8 Å². The van der Waals surface area contributed by atoms with E-state index in [-0.39, 0.29) is 12.5 Å². The highest BCUT2D eigenvalue weighted by Crippen LogP contribution is 2.28. The maximum Gasteiger partial charge on any atom is 0.435 e. The van der Waals surface area contributed by atoms with Gasteiger partial charge in [-0.2, -0.15) is 18.3 Å². The molecule has 24 heavy (non-hydrogen) atoms. The Hall–Kier alpha value is -1.61. The molecule has 0 bridgehead atoms. The van der Waals surface area contributed by atoms with Crippen LogP contribution in [0.1, 0.15) is 18.3 Å². The molecule has 0 saturated carbocycles. The van der Waals surface area contributed by atoms with E-state index < -0.39 is 17.8 Å². The van der Waals surface area contributed by atoms with Gasteiger partial charge in [-0.1, -0.05) is 6.92 Å². The van der Waals surface area contributed by atoms with E-state index in [1.165, 1.54) is 4.68 Å². The van der Waals surface area contributed by atoms with Crippen LogP contribution in [0.5, 0.6) is 0 Å². The minimum atomic E-state index is -4.47. The molecular weight excluding hydrogens is 325 g/mol. The summed E-state index contributed by atoms with van der Waals surface area (Å²) in [4.78, 5) is 14.3. The molecule has 1 unspecified atom stereocenters. The molecule has 6 nitrogen and oxygen atoms in total. The van der Waals surface area contributed by atoms with Crippen LogP contribution in [0, 0.1) is 12.8 Å².